The number of primary amides is 1. The van der Waals surface area contributed by atoms with Gasteiger partial charge in [-0.15, -0.1) is 0 Å². The Bertz CT molecular complexity index is 1020. The highest BCUT2D eigenvalue weighted by Crippen LogP contribution is 2.26. The third kappa shape index (κ3) is 4.18. The minimum absolute atomic E-state index is 0.228. The van der Waals surface area contributed by atoms with Crippen LogP contribution in [0.25, 0.3) is 10.9 Å². The Kier molecular flexibility index (Phi) is 5.37. The second kappa shape index (κ2) is 8.10. The molecule has 8 nitrogen and oxygen atoms in total. The van der Waals surface area contributed by atoms with E-state index in [1.165, 1.54) is 0 Å². The van der Waals surface area contributed by atoms with Crippen LogP contribution in [0.2, 0.25) is 0 Å². The number of nitrogens with zero attached hydrogens (tertiary/aromatic N) is 5. The molecule has 1 aliphatic heterocycles. The molecule has 29 heavy (non-hydrogen) atoms. The van der Waals surface area contributed by atoms with Gasteiger partial charge in [-0.05, 0) is 12.1 Å². The smallest absolute Gasteiger partial charge is 0.249 e. The van der Waals surface area contributed by atoms with Gasteiger partial charge in [-0.25, -0.2) is 15.0 Å². The zero-order valence-corrected chi connectivity index (χ0v) is 16.6. The van der Waals surface area contributed by atoms with E-state index >= 15 is 0 Å². The normalized spacial score (nSPS) is 17.4. The average molecular weight is 392 g/mol. The van der Waals surface area contributed by atoms with Gasteiger partial charge in [0.2, 0.25) is 11.9 Å². The summed E-state index contributed by atoms with van der Waals surface area (Å²) >= 11 is 0. The number of rotatable bonds is 5. The first-order valence-corrected chi connectivity index (χ1v) is 9.53. The Morgan fingerprint density at radius 1 is 1.28 bits per heavy atom. The molecule has 0 aliphatic carbocycles. The van der Waals surface area contributed by atoms with Crippen LogP contribution in [-0.4, -0.2) is 59.6 Å². The Morgan fingerprint density at radius 3 is 2.76 bits per heavy atom. The summed E-state index contributed by atoms with van der Waals surface area (Å²) in [5, 5.41) is 0.759. The standard InChI is InChI=1S/C21H24N6O2/c1-26(2)21-23-10-14(11-24-21)12-27-7-8-29-19(13-27)18-9-16(20(22)28)15-5-3-4-6-17(15)25-18/h3-6,9-11,19H,7-8,12-13H2,1-2H3,(H2,22,28)/t19-/m0/s1. The topological polar surface area (TPSA) is 97.5 Å². The van der Waals surface area contributed by atoms with Crippen LogP contribution in [0.15, 0.2) is 42.7 Å². The number of anilines is 1. The van der Waals surface area contributed by atoms with Crippen molar-refractivity contribution in [3.63, 3.8) is 0 Å². The molecule has 1 aliphatic rings. The molecule has 2 N–H and O–H groups in total. The third-order valence-electron chi connectivity index (χ3n) is 4.98. The lowest BCUT2D eigenvalue weighted by Gasteiger charge is -2.32. The molecule has 2 aromatic heterocycles. The fourth-order valence-corrected chi connectivity index (χ4v) is 3.51. The second-order valence-corrected chi connectivity index (χ2v) is 7.36. The van der Waals surface area contributed by atoms with Crippen molar-refractivity contribution in [3.05, 3.63) is 59.5 Å². The highest BCUT2D eigenvalue weighted by molar-refractivity contribution is 6.05. The quantitative estimate of drug-likeness (QED) is 0.706. The number of hydrogen-bond donors (Lipinski definition) is 1. The molecule has 4 rings (SSSR count). The number of morpholine rings is 1. The van der Waals surface area contributed by atoms with E-state index in [2.05, 4.69) is 14.9 Å². The minimum Gasteiger partial charge on any atom is -0.369 e. The molecule has 0 radical (unpaired) electrons. The van der Waals surface area contributed by atoms with Gasteiger partial charge >= 0.3 is 0 Å². The number of amides is 1. The monoisotopic (exact) mass is 392 g/mol. The van der Waals surface area contributed by atoms with E-state index in [1.54, 1.807) is 6.07 Å². The Hall–Kier alpha value is -3.10. The van der Waals surface area contributed by atoms with Crippen LogP contribution in [0.5, 0.6) is 0 Å². The number of hydrogen-bond acceptors (Lipinski definition) is 7. The van der Waals surface area contributed by atoms with Crippen LogP contribution in [-0.2, 0) is 11.3 Å². The van der Waals surface area contributed by atoms with Gasteiger partial charge < -0.3 is 15.4 Å². The number of para-hydroxylation sites is 1. The van der Waals surface area contributed by atoms with Gasteiger partial charge in [-0.2, -0.15) is 0 Å². The van der Waals surface area contributed by atoms with Crippen LogP contribution in [0.1, 0.15) is 27.7 Å². The summed E-state index contributed by atoms with van der Waals surface area (Å²) < 4.78 is 5.97. The van der Waals surface area contributed by atoms with E-state index in [-0.39, 0.29) is 6.10 Å². The molecule has 1 atom stereocenters. The second-order valence-electron chi connectivity index (χ2n) is 7.36. The lowest BCUT2D eigenvalue weighted by Crippen LogP contribution is -2.38. The Labute approximate surface area is 169 Å². The number of benzene rings is 1. The van der Waals surface area contributed by atoms with Gasteiger partial charge in [0, 0.05) is 57.1 Å². The van der Waals surface area contributed by atoms with Crippen molar-refractivity contribution in [3.8, 4) is 0 Å². The van der Waals surface area contributed by atoms with E-state index in [0.29, 0.717) is 24.7 Å². The zero-order valence-electron chi connectivity index (χ0n) is 16.6. The molecule has 0 unspecified atom stereocenters. The van der Waals surface area contributed by atoms with Gasteiger partial charge in [0.15, 0.2) is 0 Å². The molecule has 150 valence electrons. The first kappa shape index (κ1) is 19.2. The molecule has 0 saturated carbocycles. The molecule has 3 aromatic rings. The van der Waals surface area contributed by atoms with E-state index in [9.17, 15) is 4.79 Å². The Balaban J connectivity index is 1.54. The predicted molar refractivity (Wildman–Crippen MR) is 111 cm³/mol. The van der Waals surface area contributed by atoms with E-state index in [1.807, 2.05) is 55.7 Å². The van der Waals surface area contributed by atoms with Gasteiger partial charge in [0.25, 0.3) is 0 Å². The first-order valence-electron chi connectivity index (χ1n) is 9.53. The fourth-order valence-electron chi connectivity index (χ4n) is 3.51. The number of aromatic nitrogens is 3. The van der Waals surface area contributed by atoms with E-state index < -0.39 is 5.91 Å². The van der Waals surface area contributed by atoms with Crippen LogP contribution in [0, 0.1) is 0 Å². The van der Waals surface area contributed by atoms with Crippen LogP contribution >= 0.6 is 0 Å². The average Bonchev–Trinajstić information content (AvgIpc) is 2.73. The molecule has 3 heterocycles. The lowest BCUT2D eigenvalue weighted by molar-refractivity contribution is -0.0349. The molecule has 0 spiro atoms. The maximum atomic E-state index is 12.0. The van der Waals surface area contributed by atoms with Crippen molar-refractivity contribution in [1.29, 1.82) is 0 Å². The molecular formula is C21H24N6O2. The molecule has 8 heteroatoms. The third-order valence-corrected chi connectivity index (χ3v) is 4.98. The van der Waals surface area contributed by atoms with Crippen LogP contribution < -0.4 is 10.6 Å². The number of pyridine rings is 1. The number of carbonyl (C=O) groups excluding carboxylic acids is 1. The number of nitrogens with two attached hydrogens (primary N) is 1. The maximum Gasteiger partial charge on any atom is 0.249 e. The molecule has 1 saturated heterocycles. The molecular weight excluding hydrogens is 368 g/mol. The van der Waals surface area contributed by atoms with Crippen LogP contribution in [0.3, 0.4) is 0 Å². The maximum absolute atomic E-state index is 12.0. The summed E-state index contributed by atoms with van der Waals surface area (Å²) in [5.74, 6) is 0.226. The summed E-state index contributed by atoms with van der Waals surface area (Å²) in [4.78, 5) is 29.6. The minimum atomic E-state index is -0.462. The largest absolute Gasteiger partial charge is 0.369 e. The van der Waals surface area contributed by atoms with Gasteiger partial charge in [0.05, 0.1) is 23.4 Å². The van der Waals surface area contributed by atoms with Gasteiger partial charge in [-0.3, -0.25) is 9.69 Å². The van der Waals surface area contributed by atoms with Crippen molar-refractivity contribution in [2.75, 3.05) is 38.7 Å². The number of ether oxygens (including phenoxy) is 1. The first-order chi connectivity index (χ1) is 14.0. The SMILES string of the molecule is CN(C)c1ncc(CN2CCO[C@H](c3cc(C(N)=O)c4ccccc4n3)C2)cn1. The van der Waals surface area contributed by atoms with Crippen molar-refractivity contribution in [2.24, 2.45) is 5.73 Å². The van der Waals surface area contributed by atoms with Crippen molar-refractivity contribution in [2.45, 2.75) is 12.6 Å². The molecule has 1 amide bonds. The van der Waals surface area contributed by atoms with Crippen molar-refractivity contribution >= 4 is 22.8 Å². The van der Waals surface area contributed by atoms with Gasteiger partial charge in [0.1, 0.15) is 6.10 Å². The Morgan fingerprint density at radius 2 is 2.03 bits per heavy atom. The highest BCUT2D eigenvalue weighted by atomic mass is 16.5. The molecule has 0 bridgehead atoms. The number of fused-ring (bicyclic) bond motifs is 1. The van der Waals surface area contributed by atoms with Crippen molar-refractivity contribution in [1.82, 2.24) is 19.9 Å². The van der Waals surface area contributed by atoms with Gasteiger partial charge in [-0.1, -0.05) is 18.2 Å². The van der Waals surface area contributed by atoms with Crippen molar-refractivity contribution < 1.29 is 9.53 Å². The highest BCUT2D eigenvalue weighted by Gasteiger charge is 2.25. The lowest BCUT2D eigenvalue weighted by atomic mass is 10.0. The molecule has 1 fully saturated rings. The predicted octanol–water partition coefficient (Wildman–Crippen LogP) is 1.76. The summed E-state index contributed by atoms with van der Waals surface area (Å²) in [6.07, 6.45) is 3.48. The van der Waals surface area contributed by atoms with E-state index in [0.717, 1.165) is 35.2 Å². The van der Waals surface area contributed by atoms with Crippen LogP contribution in [0.4, 0.5) is 5.95 Å². The fraction of sp³-hybridized carbons (Fsp3) is 0.333. The molecule has 1 aromatic carbocycles. The summed E-state index contributed by atoms with van der Waals surface area (Å²) in [6.45, 7) is 2.78. The summed E-state index contributed by atoms with van der Waals surface area (Å²) in [7, 11) is 3.83. The number of carbonyl (C=O) groups is 1. The van der Waals surface area contributed by atoms with E-state index in [4.69, 9.17) is 15.5 Å². The summed E-state index contributed by atoms with van der Waals surface area (Å²) in [6, 6.07) is 9.27. The zero-order chi connectivity index (χ0) is 20.4. The summed E-state index contributed by atoms with van der Waals surface area (Å²) in [5.41, 5.74) is 8.59.